The topological polar surface area (TPSA) is 43.8 Å². The summed E-state index contributed by atoms with van der Waals surface area (Å²) < 4.78 is 1.80. The first-order valence-corrected chi connectivity index (χ1v) is 5.01. The molecule has 0 atom stereocenters. The van der Waals surface area contributed by atoms with Gasteiger partial charge in [0.2, 0.25) is 0 Å². The van der Waals surface area contributed by atoms with Crippen molar-refractivity contribution in [3.8, 4) is 5.00 Å². The van der Waals surface area contributed by atoms with E-state index < -0.39 is 0 Å². The van der Waals surface area contributed by atoms with Crippen LogP contribution in [0.5, 0.6) is 0 Å². The van der Waals surface area contributed by atoms with Crippen LogP contribution in [0.2, 0.25) is 0 Å². The number of hydrogen-bond acceptors (Lipinski definition) is 3. The average Bonchev–Trinajstić information content (AvgIpc) is 2.72. The predicted molar refractivity (Wildman–Crippen MR) is 55.2 cm³/mol. The Morgan fingerprint density at radius 1 is 1.62 bits per heavy atom. The lowest BCUT2D eigenvalue weighted by atomic mass is 10.3. The molecule has 0 aromatic carbocycles. The lowest BCUT2D eigenvalue weighted by Crippen LogP contribution is -1.94. The van der Waals surface area contributed by atoms with Crippen LogP contribution in [0.3, 0.4) is 0 Å². The molecule has 3 nitrogen and oxygen atoms in total. The number of hydrogen-bond donors (Lipinski definition) is 1. The zero-order valence-electron chi connectivity index (χ0n) is 7.40. The van der Waals surface area contributed by atoms with Gasteiger partial charge >= 0.3 is 0 Å². The average molecular weight is 193 g/mol. The molecular formula is C9H11N3S. The molecule has 0 aliphatic carbocycles. The smallest absolute Gasteiger partial charge is 0.140 e. The third-order valence-electron chi connectivity index (χ3n) is 1.85. The third kappa shape index (κ3) is 1.45. The van der Waals surface area contributed by atoms with Gasteiger partial charge in [0.1, 0.15) is 5.00 Å². The van der Waals surface area contributed by atoms with Crippen molar-refractivity contribution in [3.05, 3.63) is 29.4 Å². The van der Waals surface area contributed by atoms with Crippen LogP contribution in [0.25, 0.3) is 5.00 Å². The number of nitrogens with two attached hydrogens (primary N) is 1. The second-order valence-electron chi connectivity index (χ2n) is 2.78. The Hall–Kier alpha value is -1.29. The minimum absolute atomic E-state index is 0.811. The highest BCUT2D eigenvalue weighted by atomic mass is 32.1. The lowest BCUT2D eigenvalue weighted by Gasteiger charge is -1.96. The molecule has 0 aliphatic rings. The van der Waals surface area contributed by atoms with Crippen molar-refractivity contribution in [2.75, 3.05) is 5.73 Å². The standard InChI is InChI=1S/C9H11N3S/c1-2-7-6-8(10)9(13-7)12-5-3-4-11-12/h3-6H,2,10H2,1H3. The van der Waals surface area contributed by atoms with Gasteiger partial charge in [-0.25, -0.2) is 4.68 Å². The van der Waals surface area contributed by atoms with Crippen molar-refractivity contribution in [2.45, 2.75) is 13.3 Å². The van der Waals surface area contributed by atoms with Gasteiger partial charge in [-0.05, 0) is 18.6 Å². The molecule has 0 amide bonds. The number of nitrogen functional groups attached to an aromatic ring is 1. The number of rotatable bonds is 2. The molecule has 2 aromatic rings. The molecule has 2 N–H and O–H groups in total. The van der Waals surface area contributed by atoms with Crippen LogP contribution in [0.15, 0.2) is 24.5 Å². The molecule has 0 unspecified atom stereocenters. The summed E-state index contributed by atoms with van der Waals surface area (Å²) in [6, 6.07) is 3.91. The molecule has 0 saturated heterocycles. The molecule has 4 heteroatoms. The monoisotopic (exact) mass is 193 g/mol. The second kappa shape index (κ2) is 3.22. The Bertz CT molecular complexity index is 389. The van der Waals surface area contributed by atoms with Crippen LogP contribution in [0.4, 0.5) is 5.69 Å². The van der Waals surface area contributed by atoms with E-state index in [0.29, 0.717) is 0 Å². The second-order valence-corrected chi connectivity index (χ2v) is 3.89. The highest BCUT2D eigenvalue weighted by Gasteiger charge is 2.06. The van der Waals surface area contributed by atoms with E-state index in [4.69, 9.17) is 5.73 Å². The summed E-state index contributed by atoms with van der Waals surface area (Å²) in [5.41, 5.74) is 6.67. The molecule has 2 heterocycles. The molecule has 13 heavy (non-hydrogen) atoms. The Morgan fingerprint density at radius 3 is 3.00 bits per heavy atom. The maximum atomic E-state index is 5.86. The fourth-order valence-electron chi connectivity index (χ4n) is 1.19. The van der Waals surface area contributed by atoms with Gasteiger partial charge in [-0.2, -0.15) is 5.10 Å². The lowest BCUT2D eigenvalue weighted by molar-refractivity contribution is 0.900. The van der Waals surface area contributed by atoms with Crippen LogP contribution in [0, 0.1) is 0 Å². The summed E-state index contributed by atoms with van der Waals surface area (Å²) in [7, 11) is 0. The van der Waals surface area contributed by atoms with Gasteiger partial charge < -0.3 is 5.73 Å². The van der Waals surface area contributed by atoms with Crippen molar-refractivity contribution in [2.24, 2.45) is 0 Å². The molecule has 68 valence electrons. The zero-order chi connectivity index (χ0) is 9.26. The van der Waals surface area contributed by atoms with Crippen molar-refractivity contribution in [3.63, 3.8) is 0 Å². The Labute approximate surface area is 80.8 Å². The van der Waals surface area contributed by atoms with Crippen LogP contribution >= 0.6 is 11.3 Å². The normalized spacial score (nSPS) is 10.5. The minimum atomic E-state index is 0.811. The highest BCUT2D eigenvalue weighted by molar-refractivity contribution is 7.15. The van der Waals surface area contributed by atoms with E-state index in [0.717, 1.165) is 17.1 Å². The number of aryl methyl sites for hydroxylation is 1. The quantitative estimate of drug-likeness (QED) is 0.793. The van der Waals surface area contributed by atoms with Crippen LogP contribution in [0.1, 0.15) is 11.8 Å². The van der Waals surface area contributed by atoms with Gasteiger partial charge in [0.25, 0.3) is 0 Å². The molecule has 0 spiro atoms. The van der Waals surface area contributed by atoms with E-state index in [1.54, 1.807) is 22.2 Å². The van der Waals surface area contributed by atoms with E-state index in [2.05, 4.69) is 12.0 Å². The minimum Gasteiger partial charge on any atom is -0.396 e. The first kappa shape index (κ1) is 8.31. The highest BCUT2D eigenvalue weighted by Crippen LogP contribution is 2.28. The first-order chi connectivity index (χ1) is 6.31. The van der Waals surface area contributed by atoms with Crippen LogP contribution < -0.4 is 5.73 Å². The van der Waals surface area contributed by atoms with Gasteiger partial charge in [-0.1, -0.05) is 6.92 Å². The maximum Gasteiger partial charge on any atom is 0.140 e. The van der Waals surface area contributed by atoms with Crippen molar-refractivity contribution >= 4 is 17.0 Å². The zero-order valence-corrected chi connectivity index (χ0v) is 8.21. The largest absolute Gasteiger partial charge is 0.396 e. The van der Waals surface area contributed by atoms with Crippen molar-refractivity contribution in [1.82, 2.24) is 9.78 Å². The summed E-state index contributed by atoms with van der Waals surface area (Å²) in [4.78, 5) is 1.29. The van der Waals surface area contributed by atoms with Crippen LogP contribution in [-0.2, 0) is 6.42 Å². The van der Waals surface area contributed by atoms with E-state index in [-0.39, 0.29) is 0 Å². The maximum absolute atomic E-state index is 5.86. The third-order valence-corrected chi connectivity index (χ3v) is 3.14. The number of thiophene rings is 1. The number of nitrogens with zero attached hydrogens (tertiary/aromatic N) is 2. The van der Waals surface area contributed by atoms with Crippen LogP contribution in [-0.4, -0.2) is 9.78 Å². The molecular weight excluding hydrogens is 182 g/mol. The fourth-order valence-corrected chi connectivity index (χ4v) is 2.15. The van der Waals surface area contributed by atoms with Gasteiger partial charge in [-0.15, -0.1) is 11.3 Å². The Balaban J connectivity index is 2.46. The molecule has 0 bridgehead atoms. The molecule has 0 radical (unpaired) electrons. The first-order valence-electron chi connectivity index (χ1n) is 4.19. The van der Waals surface area contributed by atoms with E-state index >= 15 is 0 Å². The summed E-state index contributed by atoms with van der Waals surface area (Å²) in [6.45, 7) is 2.12. The van der Waals surface area contributed by atoms with Gasteiger partial charge in [0.15, 0.2) is 0 Å². The molecule has 2 rings (SSSR count). The molecule has 0 fully saturated rings. The fraction of sp³-hybridized carbons (Fsp3) is 0.222. The predicted octanol–water partition coefficient (Wildman–Crippen LogP) is 2.08. The summed E-state index contributed by atoms with van der Waals surface area (Å²) >= 11 is 1.69. The van der Waals surface area contributed by atoms with E-state index in [9.17, 15) is 0 Å². The Morgan fingerprint density at radius 2 is 2.46 bits per heavy atom. The van der Waals surface area contributed by atoms with E-state index in [1.807, 2.05) is 18.3 Å². The SMILES string of the molecule is CCc1cc(N)c(-n2cccn2)s1. The van der Waals surface area contributed by atoms with Gasteiger partial charge in [0.05, 0.1) is 5.69 Å². The summed E-state index contributed by atoms with van der Waals surface area (Å²) in [5.74, 6) is 0. The molecule has 0 saturated carbocycles. The molecule has 0 aliphatic heterocycles. The number of anilines is 1. The molecule has 2 aromatic heterocycles. The Kier molecular flexibility index (Phi) is 2.06. The summed E-state index contributed by atoms with van der Waals surface area (Å²) in [5, 5.41) is 5.16. The van der Waals surface area contributed by atoms with Gasteiger partial charge in [-0.3, -0.25) is 0 Å². The van der Waals surface area contributed by atoms with E-state index in [1.165, 1.54) is 4.88 Å². The van der Waals surface area contributed by atoms with Crippen molar-refractivity contribution < 1.29 is 0 Å². The summed E-state index contributed by atoms with van der Waals surface area (Å²) in [6.07, 6.45) is 4.68. The number of aromatic nitrogens is 2. The van der Waals surface area contributed by atoms with Crippen molar-refractivity contribution in [1.29, 1.82) is 0 Å². The van der Waals surface area contributed by atoms with Gasteiger partial charge in [0, 0.05) is 17.3 Å².